The lowest BCUT2D eigenvalue weighted by atomic mass is 10.0. The van der Waals surface area contributed by atoms with Gasteiger partial charge in [0.25, 0.3) is 0 Å². The summed E-state index contributed by atoms with van der Waals surface area (Å²) in [6, 6.07) is 4.19. The summed E-state index contributed by atoms with van der Waals surface area (Å²) >= 11 is 0. The number of halogens is 1. The van der Waals surface area contributed by atoms with E-state index in [1.54, 1.807) is 0 Å². The predicted octanol–water partition coefficient (Wildman–Crippen LogP) is 3.09. The fraction of sp³-hybridized carbons (Fsp3) is 0.714. The average molecular weight is 500 g/mol. The third-order valence-corrected chi connectivity index (χ3v) is 5.90. The molecule has 3 rings (SSSR count). The summed E-state index contributed by atoms with van der Waals surface area (Å²) in [5, 5.41) is 6.93. The largest absolute Gasteiger partial charge is 0.356 e. The highest BCUT2D eigenvalue weighted by atomic mass is 127. The molecule has 28 heavy (non-hydrogen) atoms. The van der Waals surface area contributed by atoms with Crippen LogP contribution in [0, 0.1) is 5.92 Å². The molecule has 6 nitrogen and oxygen atoms in total. The highest BCUT2D eigenvalue weighted by molar-refractivity contribution is 14.0. The molecule has 1 saturated carbocycles. The monoisotopic (exact) mass is 500 g/mol. The van der Waals surface area contributed by atoms with Crippen LogP contribution in [0.2, 0.25) is 0 Å². The third kappa shape index (κ3) is 7.06. The van der Waals surface area contributed by atoms with Crippen LogP contribution in [0.1, 0.15) is 44.1 Å². The number of hydrogen-bond donors (Lipinski definition) is 2. The minimum absolute atomic E-state index is 0. The smallest absolute Gasteiger partial charge is 0.191 e. The number of piperazine rings is 1. The Hall–Kier alpha value is -1.09. The highest BCUT2D eigenvalue weighted by Gasteiger charge is 2.18. The molecule has 0 radical (unpaired) electrons. The van der Waals surface area contributed by atoms with Crippen LogP contribution in [-0.2, 0) is 6.54 Å². The lowest BCUT2D eigenvalue weighted by Crippen LogP contribution is -2.45. The van der Waals surface area contributed by atoms with E-state index in [9.17, 15) is 0 Å². The molecule has 0 aromatic carbocycles. The molecule has 2 heterocycles. The maximum absolute atomic E-state index is 4.66. The second kappa shape index (κ2) is 12.5. The van der Waals surface area contributed by atoms with E-state index in [1.807, 2.05) is 19.3 Å². The van der Waals surface area contributed by atoms with Gasteiger partial charge in [0.1, 0.15) is 5.82 Å². The number of aromatic nitrogens is 1. The van der Waals surface area contributed by atoms with Gasteiger partial charge < -0.3 is 20.4 Å². The molecular formula is C21H37IN6. The fourth-order valence-corrected chi connectivity index (χ4v) is 4.17. The van der Waals surface area contributed by atoms with E-state index >= 15 is 0 Å². The van der Waals surface area contributed by atoms with Crippen molar-refractivity contribution < 1.29 is 0 Å². The topological polar surface area (TPSA) is 55.8 Å². The first-order valence-corrected chi connectivity index (χ1v) is 10.6. The van der Waals surface area contributed by atoms with Gasteiger partial charge in [-0.15, -0.1) is 24.0 Å². The number of hydrogen-bond acceptors (Lipinski definition) is 4. The first-order valence-electron chi connectivity index (χ1n) is 10.6. The Kier molecular flexibility index (Phi) is 10.3. The molecule has 2 aliphatic rings. The van der Waals surface area contributed by atoms with Crippen LogP contribution in [-0.4, -0.2) is 62.7 Å². The molecule has 1 aliphatic heterocycles. The first kappa shape index (κ1) is 23.2. The van der Waals surface area contributed by atoms with Gasteiger partial charge in [-0.2, -0.15) is 0 Å². The molecule has 1 aliphatic carbocycles. The van der Waals surface area contributed by atoms with Crippen molar-refractivity contribution in [2.24, 2.45) is 10.9 Å². The van der Waals surface area contributed by atoms with Crippen molar-refractivity contribution in [2.75, 3.05) is 51.7 Å². The highest BCUT2D eigenvalue weighted by Crippen LogP contribution is 2.28. The first-order chi connectivity index (χ1) is 13.3. The van der Waals surface area contributed by atoms with Gasteiger partial charge in [-0.25, -0.2) is 4.98 Å². The number of anilines is 1. The number of rotatable bonds is 7. The van der Waals surface area contributed by atoms with Gasteiger partial charge in [-0.1, -0.05) is 31.7 Å². The number of pyridine rings is 1. The van der Waals surface area contributed by atoms with Gasteiger partial charge in [-0.3, -0.25) is 4.99 Å². The molecule has 7 heteroatoms. The Morgan fingerprint density at radius 1 is 1.18 bits per heavy atom. The van der Waals surface area contributed by atoms with Gasteiger partial charge in [-0.05, 0) is 31.9 Å². The number of nitrogens with one attached hydrogen (secondary N) is 2. The molecule has 158 valence electrons. The lowest BCUT2D eigenvalue weighted by molar-refractivity contribution is 0.312. The van der Waals surface area contributed by atoms with Gasteiger partial charge in [0.2, 0.25) is 0 Å². The average Bonchev–Trinajstić information content (AvgIpc) is 3.22. The lowest BCUT2D eigenvalue weighted by Gasteiger charge is -2.34. The number of likely N-dealkylation sites (N-methyl/N-ethyl adjacent to an activating group) is 1. The molecule has 2 fully saturated rings. The second-order valence-corrected chi connectivity index (χ2v) is 7.92. The van der Waals surface area contributed by atoms with E-state index in [2.05, 4.69) is 43.5 Å². The Morgan fingerprint density at radius 2 is 1.93 bits per heavy atom. The summed E-state index contributed by atoms with van der Waals surface area (Å²) in [7, 11) is 4.03. The zero-order valence-electron chi connectivity index (χ0n) is 17.5. The van der Waals surface area contributed by atoms with Crippen molar-refractivity contribution in [1.29, 1.82) is 0 Å². The van der Waals surface area contributed by atoms with Crippen LogP contribution in [0.5, 0.6) is 0 Å². The summed E-state index contributed by atoms with van der Waals surface area (Å²) in [4.78, 5) is 13.8. The Balaban J connectivity index is 0.00000280. The van der Waals surface area contributed by atoms with Crippen molar-refractivity contribution in [3.05, 3.63) is 23.9 Å². The summed E-state index contributed by atoms with van der Waals surface area (Å²) in [5.41, 5.74) is 1.23. The second-order valence-electron chi connectivity index (χ2n) is 7.92. The number of nitrogens with zero attached hydrogens (tertiary/aromatic N) is 4. The molecule has 0 spiro atoms. The molecule has 0 amide bonds. The third-order valence-electron chi connectivity index (χ3n) is 5.90. The summed E-state index contributed by atoms with van der Waals surface area (Å²) in [6.45, 7) is 6.00. The van der Waals surface area contributed by atoms with Gasteiger partial charge in [0, 0.05) is 58.1 Å². The van der Waals surface area contributed by atoms with Crippen molar-refractivity contribution in [3.63, 3.8) is 0 Å². The van der Waals surface area contributed by atoms with E-state index in [0.717, 1.165) is 57.0 Å². The minimum Gasteiger partial charge on any atom is -0.356 e. The quantitative estimate of drug-likeness (QED) is 0.261. The Labute approximate surface area is 187 Å². The van der Waals surface area contributed by atoms with Crippen LogP contribution in [0.25, 0.3) is 0 Å². The normalized spacial score (nSPS) is 18.8. The van der Waals surface area contributed by atoms with E-state index in [0.29, 0.717) is 0 Å². The van der Waals surface area contributed by atoms with E-state index in [1.165, 1.54) is 44.1 Å². The molecule has 1 saturated heterocycles. The summed E-state index contributed by atoms with van der Waals surface area (Å²) < 4.78 is 0. The van der Waals surface area contributed by atoms with E-state index in [-0.39, 0.29) is 24.0 Å². The molecule has 1 aromatic rings. The molecule has 2 N–H and O–H groups in total. The van der Waals surface area contributed by atoms with Crippen molar-refractivity contribution in [3.8, 4) is 0 Å². The van der Waals surface area contributed by atoms with Crippen LogP contribution >= 0.6 is 24.0 Å². The van der Waals surface area contributed by atoms with Gasteiger partial charge >= 0.3 is 0 Å². The van der Waals surface area contributed by atoms with Crippen molar-refractivity contribution >= 4 is 35.8 Å². The van der Waals surface area contributed by atoms with Crippen LogP contribution in [0.4, 0.5) is 5.82 Å². The standard InChI is InChI=1S/C21H36N6.HI/c1-22-21(24-12-5-9-18-7-3-4-8-18)25-17-19-10-6-11-23-20(19)27-15-13-26(2)14-16-27;/h6,10-11,18H,3-5,7-9,12-17H2,1-2H3,(H2,22,24,25);1H. The van der Waals surface area contributed by atoms with E-state index < -0.39 is 0 Å². The summed E-state index contributed by atoms with van der Waals surface area (Å²) in [6.07, 6.45) is 10.2. The minimum atomic E-state index is 0. The maximum atomic E-state index is 4.66. The number of aliphatic imine (C=N–C) groups is 1. The molecule has 1 aromatic heterocycles. The summed E-state index contributed by atoms with van der Waals surface area (Å²) in [5.74, 6) is 2.95. The SMILES string of the molecule is CN=C(NCCCC1CCCC1)NCc1cccnc1N1CCN(C)CC1.I. The maximum Gasteiger partial charge on any atom is 0.191 e. The van der Waals surface area contributed by atoms with Crippen molar-refractivity contribution in [2.45, 2.75) is 45.1 Å². The van der Waals surface area contributed by atoms with Crippen LogP contribution in [0.3, 0.4) is 0 Å². The predicted molar refractivity (Wildman–Crippen MR) is 129 cm³/mol. The van der Waals surface area contributed by atoms with Gasteiger partial charge in [0.05, 0.1) is 0 Å². The Bertz CT molecular complexity index is 594. The van der Waals surface area contributed by atoms with Crippen molar-refractivity contribution in [1.82, 2.24) is 20.5 Å². The fourth-order valence-electron chi connectivity index (χ4n) is 4.17. The zero-order chi connectivity index (χ0) is 18.9. The van der Waals surface area contributed by atoms with E-state index in [4.69, 9.17) is 0 Å². The molecule has 0 bridgehead atoms. The van der Waals surface area contributed by atoms with Gasteiger partial charge in [0.15, 0.2) is 5.96 Å². The zero-order valence-corrected chi connectivity index (χ0v) is 19.8. The molecule has 0 unspecified atom stereocenters. The van der Waals surface area contributed by atoms with Crippen LogP contribution in [0.15, 0.2) is 23.3 Å². The van der Waals surface area contributed by atoms with Crippen LogP contribution < -0.4 is 15.5 Å². The molecule has 0 atom stereocenters. The molecular weight excluding hydrogens is 463 g/mol. The Morgan fingerprint density at radius 3 is 2.64 bits per heavy atom. The number of guanidine groups is 1.